The van der Waals surface area contributed by atoms with Gasteiger partial charge < -0.3 is 14.2 Å². The molecule has 0 spiro atoms. The van der Waals surface area contributed by atoms with Crippen LogP contribution in [0.1, 0.15) is 30.0 Å². The van der Waals surface area contributed by atoms with Crippen molar-refractivity contribution in [1.29, 1.82) is 0 Å². The predicted molar refractivity (Wildman–Crippen MR) is 98.1 cm³/mol. The molecule has 9 heteroatoms. The molecule has 1 aliphatic rings. The lowest BCUT2D eigenvalue weighted by atomic mass is 10.0. The second kappa shape index (κ2) is 7.91. The molecule has 0 aliphatic carbocycles. The molecule has 1 aliphatic heterocycles. The molecule has 0 saturated carbocycles. The fourth-order valence-corrected chi connectivity index (χ4v) is 3.62. The molecule has 0 atom stereocenters. The summed E-state index contributed by atoms with van der Waals surface area (Å²) in [6.07, 6.45) is 3.37. The van der Waals surface area contributed by atoms with Crippen molar-refractivity contribution in [3.63, 3.8) is 0 Å². The number of amides is 1. The van der Waals surface area contributed by atoms with E-state index in [0.29, 0.717) is 17.9 Å². The van der Waals surface area contributed by atoms with Gasteiger partial charge in [0.05, 0.1) is 17.7 Å². The Bertz CT molecular complexity index is 806. The van der Waals surface area contributed by atoms with E-state index >= 15 is 0 Å². The Labute approximate surface area is 157 Å². The third kappa shape index (κ3) is 4.19. The second-order valence-corrected chi connectivity index (χ2v) is 7.07. The van der Waals surface area contributed by atoms with Crippen molar-refractivity contribution >= 4 is 11.6 Å². The lowest BCUT2D eigenvalue weighted by Gasteiger charge is -2.37. The number of hydrogen-bond donors (Lipinski definition) is 0. The molecule has 2 aromatic rings. The van der Waals surface area contributed by atoms with Crippen molar-refractivity contribution in [2.45, 2.75) is 45.8 Å². The van der Waals surface area contributed by atoms with E-state index in [4.69, 9.17) is 4.42 Å². The Hall–Kier alpha value is -2.68. The van der Waals surface area contributed by atoms with Gasteiger partial charge in [0.2, 0.25) is 5.91 Å². The van der Waals surface area contributed by atoms with E-state index in [-0.39, 0.29) is 24.2 Å². The van der Waals surface area contributed by atoms with Crippen molar-refractivity contribution < 1.29 is 14.1 Å². The minimum atomic E-state index is -0.448. The van der Waals surface area contributed by atoms with Crippen LogP contribution in [0.4, 0.5) is 5.69 Å². The monoisotopic (exact) mass is 375 g/mol. The normalized spacial score (nSPS) is 15.8. The molecule has 0 unspecified atom stereocenters. The molecule has 3 heterocycles. The zero-order chi connectivity index (χ0) is 19.6. The highest BCUT2D eigenvalue weighted by Gasteiger charge is 2.29. The fraction of sp³-hybridized carbons (Fsp3) is 0.556. The van der Waals surface area contributed by atoms with E-state index in [1.54, 1.807) is 26.2 Å². The summed E-state index contributed by atoms with van der Waals surface area (Å²) in [4.78, 5) is 27.9. The Balaban J connectivity index is 1.80. The third-order valence-corrected chi connectivity index (χ3v) is 5.17. The Morgan fingerprint density at radius 3 is 2.67 bits per heavy atom. The van der Waals surface area contributed by atoms with Gasteiger partial charge in [0.1, 0.15) is 23.7 Å². The lowest BCUT2D eigenvalue weighted by molar-refractivity contribution is -0.386. The predicted octanol–water partition coefficient (Wildman–Crippen LogP) is 2.12. The standard InChI is InChI=1S/C18H25N5O4/c1-13-18(23(25)26)14(2)22(19-13)12-17(24)21(11-16-5-4-10-27-16)15-6-8-20(3)9-7-15/h4-5,10,15H,6-9,11-12H2,1-3H3. The molecular weight excluding hydrogens is 350 g/mol. The van der Waals surface area contributed by atoms with E-state index in [1.807, 2.05) is 11.0 Å². The number of nitrogens with zero attached hydrogens (tertiary/aromatic N) is 5. The van der Waals surface area contributed by atoms with Gasteiger partial charge in [-0.05, 0) is 59.0 Å². The maximum atomic E-state index is 13.1. The molecule has 0 N–H and O–H groups in total. The first-order chi connectivity index (χ1) is 12.9. The average Bonchev–Trinajstić information content (AvgIpc) is 3.21. The Morgan fingerprint density at radius 1 is 1.41 bits per heavy atom. The van der Waals surface area contributed by atoms with Gasteiger partial charge in [0, 0.05) is 6.04 Å². The molecule has 2 aromatic heterocycles. The summed E-state index contributed by atoms with van der Waals surface area (Å²) in [6.45, 7) is 5.44. The molecule has 0 radical (unpaired) electrons. The molecule has 3 rings (SSSR count). The second-order valence-electron chi connectivity index (χ2n) is 7.07. The van der Waals surface area contributed by atoms with Crippen molar-refractivity contribution in [2.24, 2.45) is 0 Å². The number of carbonyl (C=O) groups excluding carboxylic acids is 1. The SMILES string of the molecule is Cc1nn(CC(=O)N(Cc2ccco2)C2CCN(C)CC2)c(C)c1[N+](=O)[O-]. The summed E-state index contributed by atoms with van der Waals surface area (Å²) in [7, 11) is 2.07. The maximum Gasteiger partial charge on any atom is 0.312 e. The van der Waals surface area contributed by atoms with Crippen molar-refractivity contribution in [3.05, 3.63) is 45.7 Å². The van der Waals surface area contributed by atoms with Crippen LogP contribution in [0.15, 0.2) is 22.8 Å². The largest absolute Gasteiger partial charge is 0.467 e. The van der Waals surface area contributed by atoms with Crippen LogP contribution >= 0.6 is 0 Å². The zero-order valence-corrected chi connectivity index (χ0v) is 15.9. The molecular formula is C18H25N5O4. The quantitative estimate of drug-likeness (QED) is 0.567. The van der Waals surface area contributed by atoms with E-state index in [1.165, 1.54) is 4.68 Å². The molecule has 146 valence electrons. The van der Waals surface area contributed by atoms with E-state index in [9.17, 15) is 14.9 Å². The number of carbonyl (C=O) groups is 1. The number of hydrogen-bond acceptors (Lipinski definition) is 6. The molecule has 0 bridgehead atoms. The summed E-state index contributed by atoms with van der Waals surface area (Å²) in [5, 5.41) is 15.4. The number of aromatic nitrogens is 2. The molecule has 0 aromatic carbocycles. The summed E-state index contributed by atoms with van der Waals surface area (Å²) in [5.41, 5.74) is 0.689. The van der Waals surface area contributed by atoms with Gasteiger partial charge in [-0.2, -0.15) is 5.10 Å². The van der Waals surface area contributed by atoms with Gasteiger partial charge >= 0.3 is 5.69 Å². The van der Waals surface area contributed by atoms with Gasteiger partial charge in [-0.15, -0.1) is 0 Å². The minimum absolute atomic E-state index is 0.0203. The molecule has 27 heavy (non-hydrogen) atoms. The molecule has 1 amide bonds. The molecule has 9 nitrogen and oxygen atoms in total. The average molecular weight is 375 g/mol. The van der Waals surface area contributed by atoms with Crippen LogP contribution in [0, 0.1) is 24.0 Å². The van der Waals surface area contributed by atoms with Gasteiger partial charge in [-0.3, -0.25) is 19.6 Å². The topological polar surface area (TPSA) is 97.7 Å². The van der Waals surface area contributed by atoms with Gasteiger partial charge in [0.25, 0.3) is 0 Å². The van der Waals surface area contributed by atoms with Gasteiger partial charge in [-0.25, -0.2) is 0 Å². The first-order valence-electron chi connectivity index (χ1n) is 9.05. The number of nitro groups is 1. The van der Waals surface area contributed by atoms with E-state index < -0.39 is 4.92 Å². The number of piperidine rings is 1. The first-order valence-corrected chi connectivity index (χ1v) is 9.05. The maximum absolute atomic E-state index is 13.1. The smallest absolute Gasteiger partial charge is 0.312 e. The van der Waals surface area contributed by atoms with Crippen molar-refractivity contribution in [1.82, 2.24) is 19.6 Å². The number of aryl methyl sites for hydroxylation is 1. The van der Waals surface area contributed by atoms with Crippen LogP contribution in [0.2, 0.25) is 0 Å². The summed E-state index contributed by atoms with van der Waals surface area (Å²) < 4.78 is 6.87. The van der Waals surface area contributed by atoms with Crippen LogP contribution in [0.3, 0.4) is 0 Å². The van der Waals surface area contributed by atoms with Gasteiger partial charge in [0.15, 0.2) is 0 Å². The van der Waals surface area contributed by atoms with E-state index in [0.717, 1.165) is 31.7 Å². The summed E-state index contributed by atoms with van der Waals surface area (Å²) >= 11 is 0. The van der Waals surface area contributed by atoms with Crippen LogP contribution in [0.5, 0.6) is 0 Å². The Kier molecular flexibility index (Phi) is 5.59. The molecule has 1 saturated heterocycles. The minimum Gasteiger partial charge on any atom is -0.467 e. The molecule has 1 fully saturated rings. The van der Waals surface area contributed by atoms with Crippen LogP contribution in [0.25, 0.3) is 0 Å². The van der Waals surface area contributed by atoms with Crippen LogP contribution < -0.4 is 0 Å². The zero-order valence-electron chi connectivity index (χ0n) is 15.9. The number of rotatable bonds is 6. The van der Waals surface area contributed by atoms with E-state index in [2.05, 4.69) is 17.0 Å². The highest BCUT2D eigenvalue weighted by Crippen LogP contribution is 2.23. The number of likely N-dealkylation sites (tertiary alicyclic amines) is 1. The van der Waals surface area contributed by atoms with Crippen molar-refractivity contribution in [3.8, 4) is 0 Å². The van der Waals surface area contributed by atoms with Gasteiger partial charge in [-0.1, -0.05) is 0 Å². The summed E-state index contributed by atoms with van der Waals surface area (Å²) in [6, 6.07) is 3.77. The summed E-state index contributed by atoms with van der Waals surface area (Å²) in [5.74, 6) is 0.614. The van der Waals surface area contributed by atoms with Crippen molar-refractivity contribution in [2.75, 3.05) is 20.1 Å². The fourth-order valence-electron chi connectivity index (χ4n) is 3.62. The third-order valence-electron chi connectivity index (χ3n) is 5.17. The Morgan fingerprint density at radius 2 is 2.11 bits per heavy atom. The van der Waals surface area contributed by atoms with Crippen LogP contribution in [-0.2, 0) is 17.9 Å². The highest BCUT2D eigenvalue weighted by atomic mass is 16.6. The number of furan rings is 1. The van der Waals surface area contributed by atoms with Crippen LogP contribution in [-0.4, -0.2) is 56.6 Å². The first kappa shape index (κ1) is 19.1. The highest BCUT2D eigenvalue weighted by molar-refractivity contribution is 5.76. The lowest BCUT2D eigenvalue weighted by Crippen LogP contribution is -2.47.